The van der Waals surface area contributed by atoms with Crippen molar-refractivity contribution in [3.63, 3.8) is 0 Å². The van der Waals surface area contributed by atoms with Crippen LogP contribution >= 0.6 is 0 Å². The lowest BCUT2D eigenvalue weighted by molar-refractivity contribution is -0.401. The Morgan fingerprint density at radius 2 is 1.73 bits per heavy atom. The number of carboxylic acid groups (broad SMARTS) is 1. The molecule has 3 aromatic carbocycles. The Hall–Kier alpha value is -2.93. The summed E-state index contributed by atoms with van der Waals surface area (Å²) in [6, 6.07) is 20.6. The van der Waals surface area contributed by atoms with E-state index in [9.17, 15) is 9.90 Å². The van der Waals surface area contributed by atoms with E-state index in [-0.39, 0.29) is 29.4 Å². The van der Waals surface area contributed by atoms with Gasteiger partial charge < -0.3 is 33.7 Å². The van der Waals surface area contributed by atoms with Gasteiger partial charge in [-0.2, -0.15) is 4.58 Å². The van der Waals surface area contributed by atoms with Crippen molar-refractivity contribution in [2.75, 3.05) is 7.05 Å². The second-order valence-electron chi connectivity index (χ2n) is 8.98. The number of carboxylic acids is 1. The number of halogens is 1. The molecular formula is C28H27IN2O2. The van der Waals surface area contributed by atoms with Crippen molar-refractivity contribution >= 4 is 45.3 Å². The topological polar surface area (TPSA) is 45.2 Å². The van der Waals surface area contributed by atoms with Crippen molar-refractivity contribution in [1.82, 2.24) is 4.57 Å². The number of fused-ring (bicyclic) bond motifs is 4. The maximum Gasteiger partial charge on any atom is 0.335 e. The lowest BCUT2D eigenvalue weighted by Gasteiger charge is -2.15. The van der Waals surface area contributed by atoms with Crippen molar-refractivity contribution in [2.45, 2.75) is 32.7 Å². The Morgan fingerprint density at radius 1 is 1.00 bits per heavy atom. The number of rotatable bonds is 4. The number of aromatic carboxylic acids is 1. The minimum atomic E-state index is -0.894. The maximum absolute atomic E-state index is 11.5. The molecule has 0 fully saturated rings. The zero-order valence-electron chi connectivity index (χ0n) is 19.3. The maximum atomic E-state index is 11.5. The molecule has 0 atom stereocenters. The summed E-state index contributed by atoms with van der Waals surface area (Å²) in [5.74, 6) is -0.894. The zero-order valence-corrected chi connectivity index (χ0v) is 21.4. The number of aryl methyl sites for hydroxylation is 1. The van der Waals surface area contributed by atoms with Crippen LogP contribution < -0.4 is 24.0 Å². The third-order valence-electron chi connectivity index (χ3n) is 6.83. The van der Waals surface area contributed by atoms with Gasteiger partial charge in [0.15, 0.2) is 5.71 Å². The van der Waals surface area contributed by atoms with Crippen molar-refractivity contribution in [3.05, 3.63) is 83.4 Å². The van der Waals surface area contributed by atoms with E-state index in [1.54, 1.807) is 12.1 Å². The Bertz CT molecular complexity index is 1470. The van der Waals surface area contributed by atoms with Crippen molar-refractivity contribution in [1.29, 1.82) is 0 Å². The van der Waals surface area contributed by atoms with Gasteiger partial charge in [0.05, 0.1) is 11.0 Å². The van der Waals surface area contributed by atoms with Crippen LogP contribution in [-0.4, -0.2) is 33.0 Å². The van der Waals surface area contributed by atoms with Gasteiger partial charge in [0.1, 0.15) is 7.05 Å². The lowest BCUT2D eigenvalue weighted by atomic mass is 9.80. The van der Waals surface area contributed by atoms with Gasteiger partial charge >= 0.3 is 5.97 Å². The highest BCUT2D eigenvalue weighted by Gasteiger charge is 2.43. The van der Waals surface area contributed by atoms with E-state index >= 15 is 0 Å². The molecule has 0 saturated heterocycles. The first-order chi connectivity index (χ1) is 15.3. The molecule has 1 aliphatic heterocycles. The van der Waals surface area contributed by atoms with E-state index < -0.39 is 5.97 Å². The SMILES string of the molecule is CCn1c2ccccc2c2cc(C=CC3=[N+](C)c4ccc(C(=O)O)cc4C3(C)C)ccc21.[I-]. The minimum Gasteiger partial charge on any atom is -1.00 e. The Morgan fingerprint density at radius 3 is 2.45 bits per heavy atom. The summed E-state index contributed by atoms with van der Waals surface area (Å²) in [5, 5.41) is 12.0. The molecule has 168 valence electrons. The summed E-state index contributed by atoms with van der Waals surface area (Å²) in [6.45, 7) is 7.42. The van der Waals surface area contributed by atoms with Crippen LogP contribution in [0, 0.1) is 0 Å². The molecule has 1 aromatic heterocycles. The van der Waals surface area contributed by atoms with Gasteiger partial charge in [0, 0.05) is 46.1 Å². The van der Waals surface area contributed by atoms with Gasteiger partial charge in [0.25, 0.3) is 0 Å². The van der Waals surface area contributed by atoms with Crippen LogP contribution in [0.3, 0.4) is 0 Å². The fourth-order valence-electron chi connectivity index (χ4n) is 5.16. The van der Waals surface area contributed by atoms with Gasteiger partial charge in [-0.1, -0.05) is 24.3 Å². The van der Waals surface area contributed by atoms with Gasteiger partial charge in [-0.15, -0.1) is 0 Å². The molecule has 0 radical (unpaired) electrons. The fraction of sp³-hybridized carbons (Fsp3) is 0.214. The van der Waals surface area contributed by atoms with E-state index in [4.69, 9.17) is 0 Å². The van der Waals surface area contributed by atoms with Gasteiger partial charge in [-0.3, -0.25) is 0 Å². The first-order valence-electron chi connectivity index (χ1n) is 11.0. The Labute approximate surface area is 210 Å². The molecule has 1 aliphatic rings. The Balaban J connectivity index is 0.00000259. The van der Waals surface area contributed by atoms with Crippen molar-refractivity contribution in [3.8, 4) is 0 Å². The number of nitrogens with zero attached hydrogens (tertiary/aromatic N) is 2. The summed E-state index contributed by atoms with van der Waals surface area (Å²) in [5.41, 5.74) is 6.96. The third-order valence-corrected chi connectivity index (χ3v) is 6.83. The second kappa shape index (κ2) is 8.45. The van der Waals surface area contributed by atoms with Gasteiger partial charge in [0.2, 0.25) is 5.69 Å². The summed E-state index contributed by atoms with van der Waals surface area (Å²) in [6.07, 6.45) is 4.33. The zero-order chi connectivity index (χ0) is 22.6. The van der Waals surface area contributed by atoms with Crippen LogP contribution in [-0.2, 0) is 12.0 Å². The number of benzene rings is 3. The number of hydrogen-bond acceptors (Lipinski definition) is 1. The van der Waals surface area contributed by atoms with Crippen LogP contribution in [0.25, 0.3) is 27.9 Å². The predicted molar refractivity (Wildman–Crippen MR) is 131 cm³/mol. The van der Waals surface area contributed by atoms with E-state index in [1.165, 1.54) is 21.8 Å². The third kappa shape index (κ3) is 3.59. The summed E-state index contributed by atoms with van der Waals surface area (Å²) in [4.78, 5) is 11.5. The average molecular weight is 550 g/mol. The highest BCUT2D eigenvalue weighted by atomic mass is 127. The molecule has 1 N–H and O–H groups in total. The number of para-hydroxylation sites is 1. The molecule has 0 unspecified atom stereocenters. The predicted octanol–water partition coefficient (Wildman–Crippen LogP) is 3.24. The summed E-state index contributed by atoms with van der Waals surface area (Å²) < 4.78 is 4.52. The molecule has 0 amide bonds. The standard InChI is InChI=1S/C28H26N2O2.HI/c1-5-30-23-9-7-6-8-20(23)21-16-18(10-13-24(21)30)11-15-26-28(2,3)22-17-19(27(31)32)12-14-25(22)29(26)4;/h6-17H,5H2,1-4H3;1H. The quantitative estimate of drug-likeness (QED) is 0.314. The van der Waals surface area contributed by atoms with E-state index in [0.717, 1.165) is 29.1 Å². The molecule has 0 bridgehead atoms. The minimum absolute atomic E-state index is 0. The molecule has 0 spiro atoms. The molecule has 5 rings (SSSR count). The first-order valence-corrected chi connectivity index (χ1v) is 11.0. The molecule has 4 aromatic rings. The van der Waals surface area contributed by atoms with Gasteiger partial charge in [-0.25, -0.2) is 4.79 Å². The highest BCUT2D eigenvalue weighted by Crippen LogP contribution is 2.40. The number of aromatic nitrogens is 1. The molecule has 0 saturated carbocycles. The first kappa shape index (κ1) is 23.2. The van der Waals surface area contributed by atoms with E-state index in [2.05, 4.69) is 84.5 Å². The normalized spacial score (nSPS) is 14.8. The molecule has 0 aliphatic carbocycles. The smallest absolute Gasteiger partial charge is 0.335 e. The van der Waals surface area contributed by atoms with Crippen LogP contribution in [0.15, 0.2) is 66.7 Å². The lowest BCUT2D eigenvalue weighted by Crippen LogP contribution is -3.00. The van der Waals surface area contributed by atoms with Crippen LogP contribution in [0.2, 0.25) is 0 Å². The molecule has 33 heavy (non-hydrogen) atoms. The molecular weight excluding hydrogens is 523 g/mol. The van der Waals surface area contributed by atoms with Gasteiger partial charge in [-0.05, 0) is 62.7 Å². The molecule has 4 nitrogen and oxygen atoms in total. The van der Waals surface area contributed by atoms with E-state index in [1.807, 2.05) is 13.1 Å². The highest BCUT2D eigenvalue weighted by molar-refractivity contribution is 6.09. The van der Waals surface area contributed by atoms with Crippen LogP contribution in [0.1, 0.15) is 42.3 Å². The number of hydrogen-bond donors (Lipinski definition) is 1. The summed E-state index contributed by atoms with van der Waals surface area (Å²) in [7, 11) is 2.05. The molecule has 2 heterocycles. The Kier molecular flexibility index (Phi) is 5.95. The van der Waals surface area contributed by atoms with Crippen LogP contribution in [0.5, 0.6) is 0 Å². The number of allylic oxidation sites excluding steroid dienone is 1. The largest absolute Gasteiger partial charge is 1.00 e. The van der Waals surface area contributed by atoms with Crippen molar-refractivity contribution in [2.24, 2.45) is 0 Å². The van der Waals surface area contributed by atoms with E-state index in [0.29, 0.717) is 5.56 Å². The monoisotopic (exact) mass is 550 g/mol. The number of carbonyl (C=O) groups is 1. The van der Waals surface area contributed by atoms with Crippen LogP contribution in [0.4, 0.5) is 5.69 Å². The fourth-order valence-corrected chi connectivity index (χ4v) is 5.16. The molecule has 5 heteroatoms. The second-order valence-corrected chi connectivity index (χ2v) is 8.98. The summed E-state index contributed by atoms with van der Waals surface area (Å²) >= 11 is 0. The van der Waals surface area contributed by atoms with Crippen molar-refractivity contribution < 1.29 is 38.5 Å². The average Bonchev–Trinajstić information content (AvgIpc) is 3.20.